The van der Waals surface area contributed by atoms with Gasteiger partial charge in [-0.3, -0.25) is 14.4 Å². The molecule has 174 valence electrons. The third kappa shape index (κ3) is 3.74. The minimum atomic E-state index is -0.739. The first-order valence-corrected chi connectivity index (χ1v) is 12.5. The summed E-state index contributed by atoms with van der Waals surface area (Å²) in [7, 11) is 0. The summed E-state index contributed by atoms with van der Waals surface area (Å²) in [5, 5.41) is 9.12. The van der Waals surface area contributed by atoms with E-state index in [4.69, 9.17) is 9.84 Å². The molecule has 0 radical (unpaired) electrons. The number of carbonyl (C=O) groups excluding carboxylic acids is 2. The highest BCUT2D eigenvalue weighted by molar-refractivity contribution is 5.87. The molecular formula is C26H40O5. The first-order valence-electron chi connectivity index (χ1n) is 12.5. The van der Waals surface area contributed by atoms with Crippen LogP contribution in [0.2, 0.25) is 0 Å². The van der Waals surface area contributed by atoms with Crippen LogP contribution in [0, 0.1) is 46.3 Å². The molecule has 0 aliphatic heterocycles. The van der Waals surface area contributed by atoms with E-state index in [1.54, 1.807) is 0 Å². The minimum Gasteiger partial charge on any atom is -0.481 e. The third-order valence-electron chi connectivity index (χ3n) is 10.4. The maximum absolute atomic E-state index is 13.7. The molecular weight excluding hydrogens is 392 g/mol. The molecule has 0 heterocycles. The highest BCUT2D eigenvalue weighted by Gasteiger charge is 2.64. The molecule has 31 heavy (non-hydrogen) atoms. The van der Waals surface area contributed by atoms with E-state index in [0.29, 0.717) is 48.2 Å². The normalized spacial score (nSPS) is 45.2. The number of hydrogen-bond donors (Lipinski definition) is 1. The Bertz CT molecular complexity index is 746. The second-order valence-corrected chi connectivity index (χ2v) is 11.7. The van der Waals surface area contributed by atoms with Crippen LogP contribution in [0.15, 0.2) is 0 Å². The Kier molecular flexibility index (Phi) is 6.02. The van der Waals surface area contributed by atoms with Crippen molar-refractivity contribution >= 4 is 17.7 Å². The first kappa shape index (κ1) is 22.8. The number of rotatable bonds is 5. The van der Waals surface area contributed by atoms with Gasteiger partial charge in [0, 0.05) is 25.2 Å². The topological polar surface area (TPSA) is 80.7 Å². The lowest BCUT2D eigenvalue weighted by molar-refractivity contribution is -0.167. The molecule has 0 aromatic heterocycles. The molecule has 4 aliphatic carbocycles. The molecule has 0 unspecified atom stereocenters. The Balaban J connectivity index is 1.52. The SMILES string of the molecule is CC(=O)O[C@@H]1CC[C@@]2(C)[C@H](CC[C@H]3[C@H]2CC(=O)[C@@]2(C)[C@@H]3CC[C@H]2[C@H](C)CCC(=O)O)C1. The van der Waals surface area contributed by atoms with Crippen molar-refractivity contribution in [2.24, 2.45) is 46.3 Å². The number of carboxylic acid groups (broad SMARTS) is 1. The van der Waals surface area contributed by atoms with Gasteiger partial charge in [0.1, 0.15) is 11.9 Å². The second-order valence-electron chi connectivity index (χ2n) is 11.7. The fourth-order valence-corrected chi connectivity index (χ4v) is 8.76. The molecule has 0 bridgehead atoms. The lowest BCUT2D eigenvalue weighted by Crippen LogP contribution is -2.57. The lowest BCUT2D eigenvalue weighted by Gasteiger charge is -2.60. The summed E-state index contributed by atoms with van der Waals surface area (Å²) in [6, 6.07) is 0. The van der Waals surface area contributed by atoms with E-state index in [9.17, 15) is 14.4 Å². The molecule has 5 nitrogen and oxygen atoms in total. The molecule has 4 saturated carbocycles. The maximum atomic E-state index is 13.7. The Labute approximate surface area is 186 Å². The maximum Gasteiger partial charge on any atom is 0.303 e. The van der Waals surface area contributed by atoms with Crippen molar-refractivity contribution in [3.63, 3.8) is 0 Å². The minimum absolute atomic E-state index is 0.0441. The smallest absolute Gasteiger partial charge is 0.303 e. The molecule has 4 rings (SSSR count). The van der Waals surface area contributed by atoms with Crippen LogP contribution >= 0.6 is 0 Å². The number of aliphatic carboxylic acids is 1. The van der Waals surface area contributed by atoms with Crippen LogP contribution in [0.5, 0.6) is 0 Å². The number of carbonyl (C=O) groups is 3. The van der Waals surface area contributed by atoms with Crippen molar-refractivity contribution in [1.82, 2.24) is 0 Å². The Morgan fingerprint density at radius 2 is 1.87 bits per heavy atom. The third-order valence-corrected chi connectivity index (χ3v) is 10.4. The highest BCUT2D eigenvalue weighted by Crippen LogP contribution is 2.67. The van der Waals surface area contributed by atoms with Gasteiger partial charge in [-0.15, -0.1) is 0 Å². The van der Waals surface area contributed by atoms with Crippen molar-refractivity contribution in [3.8, 4) is 0 Å². The van der Waals surface area contributed by atoms with Crippen LogP contribution in [0.25, 0.3) is 0 Å². The fraction of sp³-hybridized carbons (Fsp3) is 0.885. The average Bonchev–Trinajstić information content (AvgIpc) is 3.06. The number of esters is 1. The van der Waals surface area contributed by atoms with Crippen molar-refractivity contribution in [2.45, 2.75) is 98.0 Å². The van der Waals surface area contributed by atoms with E-state index < -0.39 is 5.97 Å². The van der Waals surface area contributed by atoms with E-state index in [2.05, 4.69) is 20.8 Å². The van der Waals surface area contributed by atoms with E-state index in [1.807, 2.05) is 0 Å². The zero-order valence-electron chi connectivity index (χ0n) is 19.7. The average molecular weight is 433 g/mol. The van der Waals surface area contributed by atoms with Gasteiger partial charge >= 0.3 is 11.9 Å². The molecule has 0 aromatic rings. The van der Waals surface area contributed by atoms with Gasteiger partial charge < -0.3 is 9.84 Å². The number of fused-ring (bicyclic) bond motifs is 5. The standard InChI is InChI=1S/C26H40O5/c1-15(5-10-24(29)30)20-8-9-21-19-7-6-17-13-18(31-16(2)27)11-12-25(17,3)22(19)14-23(28)26(20,21)4/h15,17-22H,5-14H2,1-4H3,(H,29,30)/t15-,17-,18-,19-,20+,21-,22-,25+,26-/m1/s1. The van der Waals surface area contributed by atoms with Gasteiger partial charge in [0.25, 0.3) is 0 Å². The van der Waals surface area contributed by atoms with Crippen LogP contribution in [0.1, 0.15) is 91.9 Å². The van der Waals surface area contributed by atoms with Crippen LogP contribution in [-0.4, -0.2) is 28.9 Å². The summed E-state index contributed by atoms with van der Waals surface area (Å²) in [6.07, 6.45) is 9.04. The van der Waals surface area contributed by atoms with E-state index in [1.165, 1.54) is 19.8 Å². The van der Waals surface area contributed by atoms with Crippen molar-refractivity contribution < 1.29 is 24.2 Å². The fourth-order valence-electron chi connectivity index (χ4n) is 8.76. The van der Waals surface area contributed by atoms with Crippen LogP contribution in [-0.2, 0) is 19.1 Å². The van der Waals surface area contributed by atoms with Crippen molar-refractivity contribution in [2.75, 3.05) is 0 Å². The molecule has 4 fully saturated rings. The number of carboxylic acids is 1. The number of Topliss-reactive ketones (excluding diaryl/α,β-unsaturated/α-hetero) is 1. The monoisotopic (exact) mass is 432 g/mol. The molecule has 5 heteroatoms. The molecule has 1 N–H and O–H groups in total. The van der Waals surface area contributed by atoms with Gasteiger partial charge in [-0.05, 0) is 92.3 Å². The van der Waals surface area contributed by atoms with Gasteiger partial charge in [-0.25, -0.2) is 0 Å². The Hall–Kier alpha value is -1.39. The van der Waals surface area contributed by atoms with Crippen LogP contribution in [0.4, 0.5) is 0 Å². The second kappa shape index (κ2) is 8.19. The zero-order chi connectivity index (χ0) is 22.6. The predicted octanol–water partition coefficient (Wildman–Crippen LogP) is 5.26. The molecule has 0 saturated heterocycles. The molecule has 0 aromatic carbocycles. The van der Waals surface area contributed by atoms with Gasteiger partial charge in [0.15, 0.2) is 0 Å². The van der Waals surface area contributed by atoms with Gasteiger partial charge in [-0.1, -0.05) is 20.8 Å². The zero-order valence-corrected chi connectivity index (χ0v) is 19.7. The summed E-state index contributed by atoms with van der Waals surface area (Å²) in [5.74, 6) is 2.14. The van der Waals surface area contributed by atoms with Gasteiger partial charge in [0.2, 0.25) is 0 Å². The highest BCUT2D eigenvalue weighted by atomic mass is 16.5. The molecule has 0 amide bonds. The summed E-state index contributed by atoms with van der Waals surface area (Å²) in [6.45, 7) is 8.29. The summed E-state index contributed by atoms with van der Waals surface area (Å²) >= 11 is 0. The predicted molar refractivity (Wildman–Crippen MR) is 117 cm³/mol. The quantitative estimate of drug-likeness (QED) is 0.600. The van der Waals surface area contributed by atoms with E-state index >= 15 is 0 Å². The molecule has 4 aliphatic rings. The van der Waals surface area contributed by atoms with Crippen LogP contribution < -0.4 is 0 Å². The summed E-state index contributed by atoms with van der Waals surface area (Å²) in [5.41, 5.74) is -0.110. The number of ketones is 1. The summed E-state index contributed by atoms with van der Waals surface area (Å²) in [4.78, 5) is 36.3. The number of ether oxygens (including phenoxy) is 1. The van der Waals surface area contributed by atoms with Gasteiger partial charge in [0.05, 0.1) is 0 Å². The number of hydrogen-bond acceptors (Lipinski definition) is 4. The molecule has 0 spiro atoms. The van der Waals surface area contributed by atoms with Crippen molar-refractivity contribution in [3.05, 3.63) is 0 Å². The van der Waals surface area contributed by atoms with Gasteiger partial charge in [-0.2, -0.15) is 0 Å². The van der Waals surface area contributed by atoms with Crippen LogP contribution in [0.3, 0.4) is 0 Å². The van der Waals surface area contributed by atoms with E-state index in [-0.39, 0.29) is 35.2 Å². The Morgan fingerprint density at radius 1 is 1.13 bits per heavy atom. The van der Waals surface area contributed by atoms with Crippen molar-refractivity contribution in [1.29, 1.82) is 0 Å². The largest absolute Gasteiger partial charge is 0.481 e. The first-order chi connectivity index (χ1) is 14.6. The summed E-state index contributed by atoms with van der Waals surface area (Å²) < 4.78 is 5.56. The Morgan fingerprint density at radius 3 is 2.55 bits per heavy atom. The lowest BCUT2D eigenvalue weighted by atomic mass is 9.44. The van der Waals surface area contributed by atoms with E-state index in [0.717, 1.165) is 32.1 Å². The molecule has 9 atom stereocenters.